The van der Waals surface area contributed by atoms with Crippen molar-refractivity contribution in [3.8, 4) is 17.0 Å². The molecule has 17 heavy (non-hydrogen) atoms. The molecular weight excluding hydrogens is 282 g/mol. The van der Waals surface area contributed by atoms with Gasteiger partial charge in [-0.05, 0) is 18.2 Å². The van der Waals surface area contributed by atoms with Gasteiger partial charge in [0.15, 0.2) is 10.9 Å². The smallest absolute Gasteiger partial charge is 0.182 e. The lowest BCUT2D eigenvalue weighted by Crippen LogP contribution is -1.94. The fourth-order valence-corrected chi connectivity index (χ4v) is 1.99. The largest absolute Gasteiger partial charge is 0.491 e. The van der Waals surface area contributed by atoms with Gasteiger partial charge in [0.2, 0.25) is 0 Å². The molecule has 0 unspecified atom stereocenters. The van der Waals surface area contributed by atoms with Crippen LogP contribution in [-0.4, -0.2) is 17.1 Å². The zero-order valence-corrected chi connectivity index (χ0v) is 11.0. The van der Waals surface area contributed by atoms with Gasteiger partial charge in [0.25, 0.3) is 0 Å². The summed E-state index contributed by atoms with van der Waals surface area (Å²) < 4.78 is 5.17. The molecule has 1 aromatic heterocycles. The fraction of sp³-hybridized carbons (Fsp3) is 0.0909. The summed E-state index contributed by atoms with van der Waals surface area (Å²) in [6.45, 7) is 0. The Balaban J connectivity index is 2.68. The third kappa shape index (κ3) is 2.46. The molecule has 0 aliphatic rings. The summed E-state index contributed by atoms with van der Waals surface area (Å²) >= 11 is 17.9. The number of aromatic nitrogens is 2. The minimum absolute atomic E-state index is 0.230. The van der Waals surface area contributed by atoms with Gasteiger partial charge in [0.1, 0.15) is 12.0 Å². The van der Waals surface area contributed by atoms with Crippen LogP contribution in [0.1, 0.15) is 0 Å². The lowest BCUT2D eigenvalue weighted by molar-refractivity contribution is 0.413. The standard InChI is InChI=1S/C11H7Cl3N2O/c1-17-10-9(15-5-16-11(10)14)7-4-6(12)2-3-8(7)13/h2-5H,1H3. The van der Waals surface area contributed by atoms with Crippen molar-refractivity contribution in [1.82, 2.24) is 9.97 Å². The SMILES string of the molecule is COc1c(Cl)ncnc1-c1cc(Cl)ccc1Cl. The zero-order chi connectivity index (χ0) is 12.4. The van der Waals surface area contributed by atoms with E-state index in [1.165, 1.54) is 13.4 Å². The third-order valence-electron chi connectivity index (χ3n) is 2.15. The first-order chi connectivity index (χ1) is 8.13. The lowest BCUT2D eigenvalue weighted by atomic mass is 10.1. The van der Waals surface area contributed by atoms with E-state index >= 15 is 0 Å². The van der Waals surface area contributed by atoms with Crippen molar-refractivity contribution in [3.05, 3.63) is 39.7 Å². The zero-order valence-electron chi connectivity index (χ0n) is 8.75. The number of rotatable bonds is 2. The highest BCUT2D eigenvalue weighted by Crippen LogP contribution is 2.37. The first-order valence-electron chi connectivity index (χ1n) is 4.63. The van der Waals surface area contributed by atoms with E-state index in [1.807, 2.05) is 0 Å². The van der Waals surface area contributed by atoms with Gasteiger partial charge in [-0.3, -0.25) is 0 Å². The minimum Gasteiger partial charge on any atom is -0.491 e. The molecule has 0 saturated heterocycles. The highest BCUT2D eigenvalue weighted by Gasteiger charge is 2.15. The molecule has 3 nitrogen and oxygen atoms in total. The topological polar surface area (TPSA) is 35.0 Å². The molecule has 2 aromatic rings. The van der Waals surface area contributed by atoms with E-state index in [0.29, 0.717) is 27.1 Å². The Morgan fingerprint density at radius 3 is 2.59 bits per heavy atom. The van der Waals surface area contributed by atoms with Crippen molar-refractivity contribution in [1.29, 1.82) is 0 Å². The number of ether oxygens (including phenoxy) is 1. The molecule has 0 atom stereocenters. The van der Waals surface area contributed by atoms with Crippen LogP contribution >= 0.6 is 34.8 Å². The van der Waals surface area contributed by atoms with Gasteiger partial charge in [-0.2, -0.15) is 0 Å². The van der Waals surface area contributed by atoms with Gasteiger partial charge >= 0.3 is 0 Å². The molecule has 0 aliphatic carbocycles. The number of hydrogen-bond donors (Lipinski definition) is 0. The van der Waals surface area contributed by atoms with Crippen LogP contribution in [0.5, 0.6) is 5.75 Å². The molecule has 6 heteroatoms. The van der Waals surface area contributed by atoms with Gasteiger partial charge in [0, 0.05) is 10.6 Å². The second kappa shape index (κ2) is 5.08. The molecule has 1 heterocycles. The predicted octanol–water partition coefficient (Wildman–Crippen LogP) is 4.11. The van der Waals surface area contributed by atoms with Gasteiger partial charge in [-0.15, -0.1) is 0 Å². The Morgan fingerprint density at radius 2 is 1.88 bits per heavy atom. The molecule has 0 N–H and O–H groups in total. The quantitative estimate of drug-likeness (QED) is 0.780. The van der Waals surface area contributed by atoms with Crippen LogP contribution in [-0.2, 0) is 0 Å². The monoisotopic (exact) mass is 288 g/mol. The Morgan fingerprint density at radius 1 is 1.12 bits per heavy atom. The molecule has 0 bridgehead atoms. The van der Waals surface area contributed by atoms with Gasteiger partial charge in [0.05, 0.1) is 12.1 Å². The van der Waals surface area contributed by atoms with Crippen molar-refractivity contribution >= 4 is 34.8 Å². The summed E-state index contributed by atoms with van der Waals surface area (Å²) in [5, 5.41) is 1.30. The average Bonchev–Trinajstić information content (AvgIpc) is 2.32. The predicted molar refractivity (Wildman–Crippen MR) is 69.1 cm³/mol. The number of hydrogen-bond acceptors (Lipinski definition) is 3. The summed E-state index contributed by atoms with van der Waals surface area (Å²) in [7, 11) is 1.49. The molecule has 0 spiro atoms. The van der Waals surface area contributed by atoms with Crippen molar-refractivity contribution < 1.29 is 4.74 Å². The van der Waals surface area contributed by atoms with E-state index in [9.17, 15) is 0 Å². The lowest BCUT2D eigenvalue weighted by Gasteiger charge is -2.09. The van der Waals surface area contributed by atoms with Crippen molar-refractivity contribution in [3.63, 3.8) is 0 Å². The van der Waals surface area contributed by atoms with E-state index in [0.717, 1.165) is 0 Å². The fourth-order valence-electron chi connectivity index (χ4n) is 1.40. The van der Waals surface area contributed by atoms with Gasteiger partial charge < -0.3 is 4.74 Å². The number of halogens is 3. The highest BCUT2D eigenvalue weighted by molar-refractivity contribution is 6.35. The van der Waals surface area contributed by atoms with E-state index in [2.05, 4.69) is 9.97 Å². The normalized spacial score (nSPS) is 10.4. The van der Waals surface area contributed by atoms with Crippen LogP contribution in [0.25, 0.3) is 11.3 Å². The molecule has 0 fully saturated rings. The maximum absolute atomic E-state index is 6.09. The van der Waals surface area contributed by atoms with Crippen LogP contribution in [0.3, 0.4) is 0 Å². The second-order valence-corrected chi connectivity index (χ2v) is 4.37. The van der Waals surface area contributed by atoms with Crippen molar-refractivity contribution in [2.45, 2.75) is 0 Å². The Bertz CT molecular complexity index is 560. The molecule has 0 aliphatic heterocycles. The third-order valence-corrected chi connectivity index (χ3v) is 2.98. The summed E-state index contributed by atoms with van der Waals surface area (Å²) in [5.41, 5.74) is 1.17. The van der Waals surface area contributed by atoms with Gasteiger partial charge in [-0.1, -0.05) is 34.8 Å². The van der Waals surface area contributed by atoms with Crippen LogP contribution in [0.15, 0.2) is 24.5 Å². The van der Waals surface area contributed by atoms with E-state index in [1.54, 1.807) is 18.2 Å². The molecule has 1 aromatic carbocycles. The molecule has 2 rings (SSSR count). The maximum atomic E-state index is 6.09. The Kier molecular flexibility index (Phi) is 3.72. The molecular formula is C11H7Cl3N2O. The Labute approximate surface area is 113 Å². The summed E-state index contributed by atoms with van der Waals surface area (Å²) in [6, 6.07) is 5.09. The van der Waals surface area contributed by atoms with Gasteiger partial charge in [-0.25, -0.2) is 9.97 Å². The second-order valence-electron chi connectivity index (χ2n) is 3.17. The van der Waals surface area contributed by atoms with Crippen LogP contribution < -0.4 is 4.74 Å². The van der Waals surface area contributed by atoms with Crippen molar-refractivity contribution in [2.24, 2.45) is 0 Å². The maximum Gasteiger partial charge on any atom is 0.182 e. The van der Waals surface area contributed by atoms with E-state index < -0.39 is 0 Å². The Hall–Kier alpha value is -1.03. The van der Waals surface area contributed by atoms with Crippen LogP contribution in [0.2, 0.25) is 15.2 Å². The summed E-state index contributed by atoms with van der Waals surface area (Å²) in [6.07, 6.45) is 1.34. The molecule has 0 saturated carbocycles. The first kappa shape index (κ1) is 12.4. The first-order valence-corrected chi connectivity index (χ1v) is 5.76. The molecule has 0 radical (unpaired) electrons. The van der Waals surface area contributed by atoms with Crippen LogP contribution in [0.4, 0.5) is 0 Å². The molecule has 0 amide bonds. The number of methoxy groups -OCH3 is 1. The summed E-state index contributed by atoms with van der Waals surface area (Å²) in [4.78, 5) is 7.96. The summed E-state index contributed by atoms with van der Waals surface area (Å²) in [5.74, 6) is 0.373. The highest BCUT2D eigenvalue weighted by atomic mass is 35.5. The van der Waals surface area contributed by atoms with Crippen LogP contribution in [0, 0.1) is 0 Å². The van der Waals surface area contributed by atoms with E-state index in [4.69, 9.17) is 39.5 Å². The molecule has 88 valence electrons. The van der Waals surface area contributed by atoms with E-state index in [-0.39, 0.29) is 5.15 Å². The minimum atomic E-state index is 0.230. The number of nitrogens with zero attached hydrogens (tertiary/aromatic N) is 2. The average molecular weight is 290 g/mol. The van der Waals surface area contributed by atoms with Crippen molar-refractivity contribution in [2.75, 3.05) is 7.11 Å². The number of benzene rings is 1.